The summed E-state index contributed by atoms with van der Waals surface area (Å²) in [5, 5.41) is 0. The van der Waals surface area contributed by atoms with E-state index in [9.17, 15) is 14.4 Å². The zero-order chi connectivity index (χ0) is 15.0. The highest BCUT2D eigenvalue weighted by atomic mass is 16.2. The van der Waals surface area contributed by atoms with Gasteiger partial charge in [0.1, 0.15) is 6.54 Å². The van der Waals surface area contributed by atoms with Gasteiger partial charge in [0.05, 0.1) is 0 Å². The average molecular weight is 288 g/mol. The van der Waals surface area contributed by atoms with Crippen molar-refractivity contribution in [3.05, 3.63) is 33.7 Å². The number of carbonyl (C=O) groups is 2. The molecule has 1 saturated carbocycles. The Labute approximate surface area is 123 Å². The third-order valence-electron chi connectivity index (χ3n) is 4.36. The molecular weight excluding hydrogens is 268 g/mol. The van der Waals surface area contributed by atoms with Gasteiger partial charge < -0.3 is 9.47 Å². The van der Waals surface area contributed by atoms with Gasteiger partial charge in [-0.15, -0.1) is 0 Å². The topological polar surface area (TPSA) is 59.4 Å². The summed E-state index contributed by atoms with van der Waals surface area (Å²) in [6.07, 6.45) is 4.09. The standard InChI is InChI=1S/C16H20N2O3/c1-2-17(11-6-7-11)16(21)10-18-13-4-3-5-14(19)12(13)8-9-15(18)20/h8-9,11H,2-7,10H2,1H3. The molecule has 21 heavy (non-hydrogen) atoms. The predicted octanol–water partition coefficient (Wildman–Crippen LogP) is 1.38. The van der Waals surface area contributed by atoms with Crippen LogP contribution in [0.25, 0.3) is 0 Å². The van der Waals surface area contributed by atoms with Gasteiger partial charge in [0, 0.05) is 36.3 Å². The number of likely N-dealkylation sites (N-methyl/N-ethyl adjacent to an activating group) is 1. The maximum atomic E-state index is 12.4. The number of fused-ring (bicyclic) bond motifs is 1. The van der Waals surface area contributed by atoms with Crippen molar-refractivity contribution in [3.63, 3.8) is 0 Å². The van der Waals surface area contributed by atoms with E-state index < -0.39 is 0 Å². The van der Waals surface area contributed by atoms with Gasteiger partial charge in [-0.25, -0.2) is 0 Å². The highest BCUT2D eigenvalue weighted by Crippen LogP contribution is 2.27. The molecule has 0 saturated heterocycles. The van der Waals surface area contributed by atoms with Crippen molar-refractivity contribution in [2.24, 2.45) is 0 Å². The molecule has 5 heteroatoms. The maximum absolute atomic E-state index is 12.4. The van der Waals surface area contributed by atoms with E-state index >= 15 is 0 Å². The zero-order valence-corrected chi connectivity index (χ0v) is 12.3. The number of pyridine rings is 1. The highest BCUT2D eigenvalue weighted by molar-refractivity contribution is 5.98. The van der Waals surface area contributed by atoms with E-state index in [2.05, 4.69) is 0 Å². The predicted molar refractivity (Wildman–Crippen MR) is 78.4 cm³/mol. The van der Waals surface area contributed by atoms with Gasteiger partial charge in [-0.05, 0) is 38.7 Å². The Morgan fingerprint density at radius 3 is 2.71 bits per heavy atom. The molecule has 0 aliphatic heterocycles. The van der Waals surface area contributed by atoms with Crippen molar-refractivity contribution in [2.75, 3.05) is 6.54 Å². The molecular formula is C16H20N2O3. The molecule has 1 aromatic rings. The fraction of sp³-hybridized carbons (Fsp3) is 0.562. The molecule has 0 radical (unpaired) electrons. The Morgan fingerprint density at radius 1 is 1.29 bits per heavy atom. The Balaban J connectivity index is 1.91. The molecule has 0 aromatic carbocycles. The van der Waals surface area contributed by atoms with Crippen molar-refractivity contribution in [1.29, 1.82) is 0 Å². The second-order valence-corrected chi connectivity index (χ2v) is 5.81. The summed E-state index contributed by atoms with van der Waals surface area (Å²) in [7, 11) is 0. The minimum atomic E-state index is -0.191. The lowest BCUT2D eigenvalue weighted by atomic mass is 9.94. The average Bonchev–Trinajstić information content (AvgIpc) is 3.28. The van der Waals surface area contributed by atoms with Crippen LogP contribution in [0.3, 0.4) is 0 Å². The fourth-order valence-corrected chi connectivity index (χ4v) is 3.12. The molecule has 1 aromatic heterocycles. The van der Waals surface area contributed by atoms with Gasteiger partial charge >= 0.3 is 0 Å². The first-order valence-electron chi connectivity index (χ1n) is 7.67. The van der Waals surface area contributed by atoms with Gasteiger partial charge in [0.25, 0.3) is 5.56 Å². The Kier molecular flexibility index (Phi) is 3.66. The number of nitrogens with zero attached hydrogens (tertiary/aromatic N) is 2. The third kappa shape index (κ3) is 2.64. The molecule has 3 rings (SSSR count). The number of amides is 1. The van der Waals surface area contributed by atoms with Crippen molar-refractivity contribution < 1.29 is 9.59 Å². The SMILES string of the molecule is CCN(C(=O)Cn1c2c(ccc1=O)C(=O)CCC2)C1CC1. The molecule has 1 fully saturated rings. The van der Waals surface area contributed by atoms with Crippen LogP contribution in [0.4, 0.5) is 0 Å². The van der Waals surface area contributed by atoms with Gasteiger partial charge in [0.2, 0.25) is 5.91 Å². The van der Waals surface area contributed by atoms with E-state index in [1.807, 2.05) is 11.8 Å². The highest BCUT2D eigenvalue weighted by Gasteiger charge is 2.32. The Morgan fingerprint density at radius 2 is 2.05 bits per heavy atom. The van der Waals surface area contributed by atoms with E-state index in [0.717, 1.165) is 25.0 Å². The molecule has 1 heterocycles. The van der Waals surface area contributed by atoms with Crippen LogP contribution in [0.1, 0.15) is 48.7 Å². The molecule has 0 unspecified atom stereocenters. The van der Waals surface area contributed by atoms with Crippen LogP contribution in [-0.4, -0.2) is 33.7 Å². The van der Waals surface area contributed by atoms with Crippen LogP contribution in [0.5, 0.6) is 0 Å². The van der Waals surface area contributed by atoms with E-state index in [1.165, 1.54) is 10.6 Å². The number of ketones is 1. The number of Topliss-reactive ketones (excluding diaryl/α,β-unsaturated/α-hetero) is 1. The second-order valence-electron chi connectivity index (χ2n) is 5.81. The number of aromatic nitrogens is 1. The lowest BCUT2D eigenvalue weighted by Gasteiger charge is -2.24. The largest absolute Gasteiger partial charge is 0.338 e. The van der Waals surface area contributed by atoms with Gasteiger partial charge in [-0.2, -0.15) is 0 Å². The van der Waals surface area contributed by atoms with Crippen LogP contribution in [-0.2, 0) is 17.8 Å². The minimum Gasteiger partial charge on any atom is -0.338 e. The molecule has 0 spiro atoms. The molecule has 2 aliphatic carbocycles. The molecule has 5 nitrogen and oxygen atoms in total. The third-order valence-corrected chi connectivity index (χ3v) is 4.36. The molecule has 2 aliphatic rings. The van der Waals surface area contributed by atoms with E-state index in [4.69, 9.17) is 0 Å². The van der Waals surface area contributed by atoms with Crippen molar-refractivity contribution in [2.45, 2.75) is 51.6 Å². The molecule has 0 bridgehead atoms. The van der Waals surface area contributed by atoms with Crippen LogP contribution < -0.4 is 5.56 Å². The van der Waals surface area contributed by atoms with Gasteiger partial charge in [0.15, 0.2) is 5.78 Å². The van der Waals surface area contributed by atoms with Crippen molar-refractivity contribution in [3.8, 4) is 0 Å². The Bertz CT molecular complexity index is 643. The fourth-order valence-electron chi connectivity index (χ4n) is 3.12. The monoisotopic (exact) mass is 288 g/mol. The summed E-state index contributed by atoms with van der Waals surface area (Å²) in [5.41, 5.74) is 1.16. The Hall–Kier alpha value is -1.91. The summed E-state index contributed by atoms with van der Waals surface area (Å²) >= 11 is 0. The first-order valence-corrected chi connectivity index (χ1v) is 7.67. The first-order chi connectivity index (χ1) is 10.1. The van der Waals surface area contributed by atoms with Gasteiger partial charge in [-0.3, -0.25) is 14.4 Å². The summed E-state index contributed by atoms with van der Waals surface area (Å²) in [4.78, 5) is 38.3. The summed E-state index contributed by atoms with van der Waals surface area (Å²) in [6, 6.07) is 3.36. The molecule has 0 N–H and O–H groups in total. The number of hydrogen-bond acceptors (Lipinski definition) is 3. The summed E-state index contributed by atoms with van der Waals surface area (Å²) in [6.45, 7) is 2.69. The van der Waals surface area contributed by atoms with E-state index in [0.29, 0.717) is 31.0 Å². The van der Waals surface area contributed by atoms with E-state index in [1.54, 1.807) is 6.07 Å². The van der Waals surface area contributed by atoms with Crippen LogP contribution in [0, 0.1) is 0 Å². The zero-order valence-electron chi connectivity index (χ0n) is 12.3. The lowest BCUT2D eigenvalue weighted by Crippen LogP contribution is -2.39. The lowest BCUT2D eigenvalue weighted by molar-refractivity contribution is -0.132. The smallest absolute Gasteiger partial charge is 0.251 e. The van der Waals surface area contributed by atoms with Crippen LogP contribution in [0.15, 0.2) is 16.9 Å². The maximum Gasteiger partial charge on any atom is 0.251 e. The number of rotatable bonds is 4. The second kappa shape index (κ2) is 5.47. The van der Waals surface area contributed by atoms with Crippen LogP contribution in [0.2, 0.25) is 0 Å². The van der Waals surface area contributed by atoms with Crippen molar-refractivity contribution in [1.82, 2.24) is 9.47 Å². The summed E-state index contributed by atoms with van der Waals surface area (Å²) in [5.74, 6) is 0.0560. The quantitative estimate of drug-likeness (QED) is 0.841. The molecule has 1 amide bonds. The summed E-state index contributed by atoms with van der Waals surface area (Å²) < 4.78 is 1.50. The molecule has 112 valence electrons. The van der Waals surface area contributed by atoms with Crippen LogP contribution >= 0.6 is 0 Å². The van der Waals surface area contributed by atoms with Gasteiger partial charge in [-0.1, -0.05) is 0 Å². The number of hydrogen-bond donors (Lipinski definition) is 0. The first kappa shape index (κ1) is 14.0. The molecule has 0 atom stereocenters. The van der Waals surface area contributed by atoms with E-state index in [-0.39, 0.29) is 23.8 Å². The normalized spacial score (nSPS) is 17.5. The number of carbonyl (C=O) groups excluding carboxylic acids is 2. The minimum absolute atomic E-state index is 0.0199. The van der Waals surface area contributed by atoms with Crippen molar-refractivity contribution >= 4 is 11.7 Å².